The first-order chi connectivity index (χ1) is 5.75. The Hall–Kier alpha value is 0.660. The summed E-state index contributed by atoms with van der Waals surface area (Å²) in [6, 6.07) is 1.48. The van der Waals surface area contributed by atoms with Crippen LogP contribution in [0.2, 0.25) is 0 Å². The molecule has 3 heteroatoms. The van der Waals surface area contributed by atoms with Gasteiger partial charge in [-0.05, 0) is 26.7 Å². The average molecular weight is 205 g/mol. The molecular weight excluding hydrogens is 186 g/mol. The molecule has 1 saturated carbocycles. The Bertz CT molecular complexity index is 122. The maximum atomic E-state index is 4.27. The quantitative estimate of drug-likeness (QED) is 0.426. The largest absolute Gasteiger partial charge is 0.244 e. The van der Waals surface area contributed by atoms with Crippen LogP contribution in [-0.2, 0) is 0 Å². The van der Waals surface area contributed by atoms with Crippen molar-refractivity contribution in [3.8, 4) is 0 Å². The third-order valence-electron chi connectivity index (χ3n) is 2.40. The van der Waals surface area contributed by atoms with E-state index in [1.54, 1.807) is 0 Å². The van der Waals surface area contributed by atoms with Gasteiger partial charge in [-0.3, -0.25) is 0 Å². The highest BCUT2D eigenvalue weighted by Crippen LogP contribution is 2.30. The maximum Gasteiger partial charge on any atom is 0.0509 e. The predicted molar refractivity (Wildman–Crippen MR) is 60.7 cm³/mol. The summed E-state index contributed by atoms with van der Waals surface area (Å²) in [4.78, 5) is 0. The second-order valence-corrected chi connectivity index (χ2v) is 5.36. The zero-order valence-electron chi connectivity index (χ0n) is 7.99. The van der Waals surface area contributed by atoms with E-state index in [-0.39, 0.29) is 0 Å². The van der Waals surface area contributed by atoms with Crippen molar-refractivity contribution in [2.75, 3.05) is 5.08 Å². The minimum Gasteiger partial charge on any atom is -0.244 e. The molecule has 72 valence electrons. The fourth-order valence-electron chi connectivity index (χ4n) is 1.90. The molecule has 0 saturated heterocycles. The van der Waals surface area contributed by atoms with E-state index in [4.69, 9.17) is 0 Å². The Morgan fingerprint density at radius 1 is 1.42 bits per heavy atom. The number of rotatable bonds is 4. The van der Waals surface area contributed by atoms with Gasteiger partial charge in [-0.25, -0.2) is 4.31 Å². The van der Waals surface area contributed by atoms with E-state index >= 15 is 0 Å². The van der Waals surface area contributed by atoms with Crippen molar-refractivity contribution in [3.63, 3.8) is 0 Å². The summed E-state index contributed by atoms with van der Waals surface area (Å²) in [5.41, 5.74) is 0. The van der Waals surface area contributed by atoms with E-state index in [2.05, 4.69) is 30.8 Å². The summed E-state index contributed by atoms with van der Waals surface area (Å²) < 4.78 is 2.53. The highest BCUT2D eigenvalue weighted by molar-refractivity contribution is 8.07. The van der Waals surface area contributed by atoms with Gasteiger partial charge in [0.2, 0.25) is 0 Å². The molecule has 1 aliphatic carbocycles. The Kier molecular flexibility index (Phi) is 4.84. The minimum absolute atomic E-state index is 0.658. The molecule has 1 rings (SSSR count). The summed E-state index contributed by atoms with van der Waals surface area (Å²) in [7, 11) is 0. The summed E-state index contributed by atoms with van der Waals surface area (Å²) >= 11 is 6.15. The number of hydrogen-bond acceptors (Lipinski definition) is 3. The first kappa shape index (κ1) is 10.7. The number of hydrogen-bond donors (Lipinski definition) is 1. The molecule has 0 heterocycles. The average Bonchev–Trinajstić information content (AvgIpc) is 2.51. The van der Waals surface area contributed by atoms with Crippen molar-refractivity contribution in [2.45, 2.75) is 51.6 Å². The van der Waals surface area contributed by atoms with E-state index in [0.29, 0.717) is 6.04 Å². The summed E-state index contributed by atoms with van der Waals surface area (Å²) in [5, 5.41) is 0.911. The molecule has 0 aromatic carbocycles. The lowest BCUT2D eigenvalue weighted by Gasteiger charge is -2.30. The Labute approximate surface area is 85.8 Å². The fraction of sp³-hybridized carbons (Fsp3) is 1.00. The van der Waals surface area contributed by atoms with Gasteiger partial charge >= 0.3 is 0 Å². The zero-order chi connectivity index (χ0) is 8.97. The predicted octanol–water partition coefficient (Wildman–Crippen LogP) is 3.17. The minimum atomic E-state index is 0.658. The van der Waals surface area contributed by atoms with Crippen molar-refractivity contribution in [1.82, 2.24) is 4.31 Å². The molecule has 1 fully saturated rings. The van der Waals surface area contributed by atoms with Crippen LogP contribution in [0.5, 0.6) is 0 Å². The second kappa shape index (κ2) is 5.40. The van der Waals surface area contributed by atoms with Gasteiger partial charge in [0.25, 0.3) is 0 Å². The highest BCUT2D eigenvalue weighted by atomic mass is 32.2. The Morgan fingerprint density at radius 3 is 2.42 bits per heavy atom. The van der Waals surface area contributed by atoms with Gasteiger partial charge in [0.05, 0.1) is 5.08 Å². The zero-order valence-corrected chi connectivity index (χ0v) is 9.70. The van der Waals surface area contributed by atoms with Crippen molar-refractivity contribution < 1.29 is 0 Å². The number of nitrogens with zero attached hydrogens (tertiary/aromatic N) is 1. The topological polar surface area (TPSA) is 3.24 Å². The number of thiol groups is 1. The molecule has 0 aliphatic heterocycles. The van der Waals surface area contributed by atoms with Crippen LogP contribution in [0, 0.1) is 0 Å². The molecule has 0 amide bonds. The van der Waals surface area contributed by atoms with E-state index < -0.39 is 0 Å². The lowest BCUT2D eigenvalue weighted by molar-refractivity contribution is 0.305. The van der Waals surface area contributed by atoms with Crippen molar-refractivity contribution in [2.24, 2.45) is 0 Å². The molecule has 1 nitrogen and oxygen atoms in total. The third-order valence-corrected chi connectivity index (χ3v) is 3.88. The molecule has 0 spiro atoms. The standard InChI is InChI=1S/C9H19NS2/c1-8(2)10(12-7-11)9-5-3-4-6-9/h8-9,11H,3-7H2,1-2H3. The van der Waals surface area contributed by atoms with Crippen LogP contribution in [0.3, 0.4) is 0 Å². The van der Waals surface area contributed by atoms with E-state index in [9.17, 15) is 0 Å². The molecule has 1 aliphatic rings. The summed E-state index contributed by atoms with van der Waals surface area (Å²) in [6.07, 6.45) is 5.61. The van der Waals surface area contributed by atoms with Crippen LogP contribution in [0.15, 0.2) is 0 Å². The Morgan fingerprint density at radius 2 is 2.00 bits per heavy atom. The monoisotopic (exact) mass is 205 g/mol. The van der Waals surface area contributed by atoms with Crippen molar-refractivity contribution in [3.05, 3.63) is 0 Å². The van der Waals surface area contributed by atoms with Crippen LogP contribution in [0.25, 0.3) is 0 Å². The molecule has 0 unspecified atom stereocenters. The first-order valence-corrected chi connectivity index (χ1v) is 6.35. The second-order valence-electron chi connectivity index (χ2n) is 3.65. The molecule has 0 bridgehead atoms. The van der Waals surface area contributed by atoms with E-state index in [1.165, 1.54) is 25.7 Å². The van der Waals surface area contributed by atoms with Crippen LogP contribution >= 0.6 is 24.6 Å². The van der Waals surface area contributed by atoms with Crippen LogP contribution in [0.4, 0.5) is 0 Å². The van der Waals surface area contributed by atoms with Crippen molar-refractivity contribution >= 4 is 24.6 Å². The van der Waals surface area contributed by atoms with Crippen LogP contribution < -0.4 is 0 Å². The van der Waals surface area contributed by atoms with Gasteiger partial charge < -0.3 is 0 Å². The van der Waals surface area contributed by atoms with Gasteiger partial charge in [0.1, 0.15) is 0 Å². The van der Waals surface area contributed by atoms with Crippen molar-refractivity contribution in [1.29, 1.82) is 0 Å². The molecule has 0 radical (unpaired) electrons. The van der Waals surface area contributed by atoms with Gasteiger partial charge in [0, 0.05) is 12.1 Å². The SMILES string of the molecule is CC(C)N(SCS)C1CCCC1. The molecular formula is C9H19NS2. The van der Waals surface area contributed by atoms with Gasteiger partial charge in [0.15, 0.2) is 0 Å². The summed E-state index contributed by atoms with van der Waals surface area (Å²) in [5.74, 6) is 0. The maximum absolute atomic E-state index is 4.27. The highest BCUT2D eigenvalue weighted by Gasteiger charge is 2.24. The third kappa shape index (κ3) is 2.86. The van der Waals surface area contributed by atoms with Gasteiger partial charge in [-0.15, -0.1) is 0 Å². The molecule has 0 aromatic rings. The first-order valence-electron chi connectivity index (χ1n) is 4.78. The smallest absolute Gasteiger partial charge is 0.0509 e. The van der Waals surface area contributed by atoms with Crippen LogP contribution in [-0.4, -0.2) is 21.5 Å². The molecule has 0 aromatic heterocycles. The fourth-order valence-corrected chi connectivity index (χ4v) is 3.15. The van der Waals surface area contributed by atoms with E-state index in [0.717, 1.165) is 11.1 Å². The summed E-state index contributed by atoms with van der Waals surface area (Å²) in [6.45, 7) is 4.55. The lowest BCUT2D eigenvalue weighted by Crippen LogP contribution is -2.32. The molecule has 0 atom stereocenters. The van der Waals surface area contributed by atoms with Crippen LogP contribution in [0.1, 0.15) is 39.5 Å². The normalized spacial score (nSPS) is 19.8. The molecule has 12 heavy (non-hydrogen) atoms. The Balaban J connectivity index is 2.40. The lowest BCUT2D eigenvalue weighted by atomic mass is 10.2. The van der Waals surface area contributed by atoms with Gasteiger partial charge in [-0.1, -0.05) is 24.8 Å². The molecule has 0 N–H and O–H groups in total. The van der Waals surface area contributed by atoms with E-state index in [1.807, 2.05) is 11.9 Å². The van der Waals surface area contributed by atoms with Gasteiger partial charge in [-0.2, -0.15) is 12.6 Å².